The lowest BCUT2D eigenvalue weighted by Crippen LogP contribution is -2.43. The molecule has 0 aliphatic carbocycles. The number of halogens is 4. The van der Waals surface area contributed by atoms with Crippen LogP contribution < -0.4 is 4.90 Å². The summed E-state index contributed by atoms with van der Waals surface area (Å²) < 4.78 is 39.6. The zero-order chi connectivity index (χ0) is 20.0. The van der Waals surface area contributed by atoms with Gasteiger partial charge in [0.1, 0.15) is 11.2 Å². The van der Waals surface area contributed by atoms with E-state index in [4.69, 9.17) is 0 Å². The van der Waals surface area contributed by atoms with Crippen molar-refractivity contribution in [3.05, 3.63) is 58.3 Å². The third-order valence-corrected chi connectivity index (χ3v) is 5.18. The van der Waals surface area contributed by atoms with E-state index in [9.17, 15) is 22.8 Å². The first-order chi connectivity index (χ1) is 12.5. The molecule has 0 radical (unpaired) electrons. The van der Waals surface area contributed by atoms with E-state index >= 15 is 0 Å². The van der Waals surface area contributed by atoms with Gasteiger partial charge in [-0.2, -0.15) is 13.2 Å². The molecule has 2 aromatic rings. The standard InChI is InChI=1S/C18H15BrF3N3O2/c1-17(2)15(26)25(12-7-8-23-14(9-12)18(20,21)22)16(27)24(17)10-11-5-3-4-6-13(11)19/h3-9H,10H2,1-2H3. The SMILES string of the molecule is CC1(C)C(=O)N(c2ccnc(C(F)(F)F)c2)C(=O)N1Cc1ccccc1Br. The highest BCUT2D eigenvalue weighted by Gasteiger charge is 2.52. The normalized spacial score (nSPS) is 17.0. The molecular formula is C18H15BrF3N3O2. The average molecular weight is 442 g/mol. The number of rotatable bonds is 3. The fraction of sp³-hybridized carbons (Fsp3) is 0.278. The van der Waals surface area contributed by atoms with Gasteiger partial charge >= 0.3 is 12.2 Å². The summed E-state index contributed by atoms with van der Waals surface area (Å²) in [5.74, 6) is -0.598. The van der Waals surface area contributed by atoms with Gasteiger partial charge in [0.15, 0.2) is 0 Å². The number of alkyl halides is 3. The van der Waals surface area contributed by atoms with Crippen LogP contribution in [0.2, 0.25) is 0 Å². The molecule has 0 saturated carbocycles. The molecule has 5 nitrogen and oxygen atoms in total. The molecular weight excluding hydrogens is 427 g/mol. The van der Waals surface area contributed by atoms with Crippen molar-refractivity contribution < 1.29 is 22.8 Å². The van der Waals surface area contributed by atoms with E-state index in [0.717, 1.165) is 21.1 Å². The fourth-order valence-electron chi connectivity index (χ4n) is 2.84. The van der Waals surface area contributed by atoms with Crippen molar-refractivity contribution in [2.75, 3.05) is 4.90 Å². The first kappa shape index (κ1) is 19.3. The molecule has 1 saturated heterocycles. The van der Waals surface area contributed by atoms with E-state index in [1.807, 2.05) is 6.07 Å². The van der Waals surface area contributed by atoms with Crippen LogP contribution in [0, 0.1) is 0 Å². The third kappa shape index (κ3) is 3.43. The molecule has 0 unspecified atom stereocenters. The molecule has 0 spiro atoms. The van der Waals surface area contributed by atoms with Gasteiger partial charge in [-0.3, -0.25) is 9.78 Å². The highest BCUT2D eigenvalue weighted by atomic mass is 79.9. The Labute approximate surface area is 161 Å². The number of hydrogen-bond donors (Lipinski definition) is 0. The summed E-state index contributed by atoms with van der Waals surface area (Å²) in [6, 6.07) is 8.45. The summed E-state index contributed by atoms with van der Waals surface area (Å²) in [6.45, 7) is 3.26. The highest BCUT2D eigenvalue weighted by molar-refractivity contribution is 9.10. The molecule has 3 rings (SSSR count). The fourth-order valence-corrected chi connectivity index (χ4v) is 3.25. The predicted octanol–water partition coefficient (Wildman–Crippen LogP) is 4.61. The summed E-state index contributed by atoms with van der Waals surface area (Å²) >= 11 is 3.40. The van der Waals surface area contributed by atoms with Crippen molar-refractivity contribution in [3.63, 3.8) is 0 Å². The van der Waals surface area contributed by atoms with Crippen LogP contribution in [0.25, 0.3) is 0 Å². The van der Waals surface area contributed by atoms with Crippen molar-refractivity contribution in [1.82, 2.24) is 9.88 Å². The van der Waals surface area contributed by atoms with Crippen LogP contribution >= 0.6 is 15.9 Å². The number of amides is 3. The topological polar surface area (TPSA) is 53.5 Å². The lowest BCUT2D eigenvalue weighted by molar-refractivity contribution is -0.141. The van der Waals surface area contributed by atoms with E-state index in [1.54, 1.807) is 32.0 Å². The summed E-state index contributed by atoms with van der Waals surface area (Å²) in [5, 5.41) is 0. The smallest absolute Gasteiger partial charge is 0.305 e. The van der Waals surface area contributed by atoms with E-state index in [0.29, 0.717) is 6.07 Å². The van der Waals surface area contributed by atoms with E-state index in [2.05, 4.69) is 20.9 Å². The summed E-state index contributed by atoms with van der Waals surface area (Å²) in [5.41, 5.74) is -1.76. The predicted molar refractivity (Wildman–Crippen MR) is 95.9 cm³/mol. The molecule has 1 aromatic heterocycles. The molecule has 27 heavy (non-hydrogen) atoms. The van der Waals surface area contributed by atoms with Gasteiger partial charge in [0.05, 0.1) is 5.69 Å². The number of pyridine rings is 1. The molecule has 142 valence electrons. The van der Waals surface area contributed by atoms with Gasteiger partial charge < -0.3 is 4.90 Å². The Morgan fingerprint density at radius 1 is 1.15 bits per heavy atom. The van der Waals surface area contributed by atoms with Crippen molar-refractivity contribution >= 4 is 33.6 Å². The highest BCUT2D eigenvalue weighted by Crippen LogP contribution is 2.36. The molecule has 1 fully saturated rings. The van der Waals surface area contributed by atoms with Crippen molar-refractivity contribution in [2.24, 2.45) is 0 Å². The van der Waals surface area contributed by atoms with Gasteiger partial charge in [-0.15, -0.1) is 0 Å². The Balaban J connectivity index is 1.99. The second-order valence-corrected chi connectivity index (χ2v) is 7.41. The van der Waals surface area contributed by atoms with E-state index in [1.165, 1.54) is 11.0 Å². The molecule has 0 atom stereocenters. The molecule has 2 heterocycles. The van der Waals surface area contributed by atoms with Crippen LogP contribution in [-0.2, 0) is 17.5 Å². The number of carbonyl (C=O) groups excluding carboxylic acids is 2. The Hall–Kier alpha value is -2.42. The van der Waals surface area contributed by atoms with Crippen molar-refractivity contribution in [3.8, 4) is 0 Å². The number of nitrogens with zero attached hydrogens (tertiary/aromatic N) is 3. The Bertz CT molecular complexity index is 915. The Kier molecular flexibility index (Phi) is 4.75. The summed E-state index contributed by atoms with van der Waals surface area (Å²) in [7, 11) is 0. The molecule has 3 amide bonds. The summed E-state index contributed by atoms with van der Waals surface area (Å²) in [4.78, 5) is 31.1. The van der Waals surface area contributed by atoms with Crippen molar-refractivity contribution in [1.29, 1.82) is 0 Å². The monoisotopic (exact) mass is 441 g/mol. The minimum Gasteiger partial charge on any atom is -0.305 e. The van der Waals surface area contributed by atoms with Crippen LogP contribution in [0.3, 0.4) is 0 Å². The van der Waals surface area contributed by atoms with Gasteiger partial charge in [0.25, 0.3) is 5.91 Å². The quantitative estimate of drug-likeness (QED) is 0.653. The number of hydrogen-bond acceptors (Lipinski definition) is 3. The Morgan fingerprint density at radius 2 is 1.81 bits per heavy atom. The maximum absolute atomic E-state index is 12.9. The molecule has 9 heteroatoms. The van der Waals surface area contributed by atoms with Crippen LogP contribution in [-0.4, -0.2) is 27.4 Å². The van der Waals surface area contributed by atoms with Gasteiger partial charge in [-0.1, -0.05) is 34.1 Å². The number of benzene rings is 1. The van der Waals surface area contributed by atoms with E-state index in [-0.39, 0.29) is 12.2 Å². The van der Waals surface area contributed by atoms with Crippen LogP contribution in [0.5, 0.6) is 0 Å². The van der Waals surface area contributed by atoms with Gasteiger partial charge in [0.2, 0.25) is 0 Å². The zero-order valence-corrected chi connectivity index (χ0v) is 16.0. The number of imide groups is 1. The van der Waals surface area contributed by atoms with Crippen LogP contribution in [0.15, 0.2) is 47.1 Å². The van der Waals surface area contributed by atoms with Gasteiger partial charge in [0, 0.05) is 17.2 Å². The van der Waals surface area contributed by atoms with Gasteiger partial charge in [-0.05, 0) is 37.6 Å². The minimum absolute atomic E-state index is 0.132. The van der Waals surface area contributed by atoms with E-state index < -0.39 is 29.3 Å². The molecule has 1 aliphatic heterocycles. The minimum atomic E-state index is -4.67. The number of anilines is 1. The Morgan fingerprint density at radius 3 is 2.44 bits per heavy atom. The maximum atomic E-state index is 12.9. The first-order valence-corrected chi connectivity index (χ1v) is 8.75. The molecule has 1 aromatic carbocycles. The zero-order valence-electron chi connectivity index (χ0n) is 14.4. The number of carbonyl (C=O) groups is 2. The second-order valence-electron chi connectivity index (χ2n) is 6.56. The summed E-state index contributed by atoms with van der Waals surface area (Å²) in [6.07, 6.45) is -3.74. The maximum Gasteiger partial charge on any atom is 0.433 e. The van der Waals surface area contributed by atoms with Crippen LogP contribution in [0.4, 0.5) is 23.7 Å². The molecule has 0 bridgehead atoms. The largest absolute Gasteiger partial charge is 0.433 e. The number of aromatic nitrogens is 1. The first-order valence-electron chi connectivity index (χ1n) is 7.96. The molecule has 1 aliphatic rings. The lowest BCUT2D eigenvalue weighted by Gasteiger charge is -2.28. The van der Waals surface area contributed by atoms with Crippen molar-refractivity contribution in [2.45, 2.75) is 32.1 Å². The third-order valence-electron chi connectivity index (χ3n) is 4.40. The van der Waals surface area contributed by atoms with Gasteiger partial charge in [-0.25, -0.2) is 9.69 Å². The average Bonchev–Trinajstić information content (AvgIpc) is 2.76. The second kappa shape index (κ2) is 6.63. The lowest BCUT2D eigenvalue weighted by atomic mass is 10.0. The van der Waals surface area contributed by atoms with Crippen LogP contribution in [0.1, 0.15) is 25.1 Å². The molecule has 0 N–H and O–H groups in total. The number of urea groups is 1.